The lowest BCUT2D eigenvalue weighted by Gasteiger charge is -2.07. The van der Waals surface area contributed by atoms with E-state index in [0.717, 1.165) is 29.0 Å². The molecule has 0 spiro atoms. The molecule has 0 amide bonds. The summed E-state index contributed by atoms with van der Waals surface area (Å²) in [6.07, 6.45) is 2.46. The van der Waals surface area contributed by atoms with Gasteiger partial charge in [0.1, 0.15) is 4.21 Å². The van der Waals surface area contributed by atoms with Crippen LogP contribution in [0.15, 0.2) is 32.4 Å². The van der Waals surface area contributed by atoms with E-state index in [9.17, 15) is 8.42 Å². The summed E-state index contributed by atoms with van der Waals surface area (Å²) in [7, 11) is -3.57. The Balaban J connectivity index is 2.17. The van der Waals surface area contributed by atoms with E-state index in [4.69, 9.17) is 11.6 Å². The maximum absolute atomic E-state index is 12.2. The highest BCUT2D eigenvalue weighted by Crippen LogP contribution is 2.34. The average Bonchev–Trinajstić information content (AvgIpc) is 2.78. The first kappa shape index (κ1) is 15.9. The fourth-order valence-corrected chi connectivity index (χ4v) is 5.08. The second-order valence-corrected chi connectivity index (χ2v) is 8.75. The number of rotatable bonds is 5. The topological polar surface area (TPSA) is 59.1 Å². The minimum Gasteiger partial charge on any atom is -0.260 e. The van der Waals surface area contributed by atoms with Crippen LogP contribution in [0.2, 0.25) is 5.02 Å². The van der Waals surface area contributed by atoms with Crippen LogP contribution in [-0.2, 0) is 23.0 Å². The SMILES string of the molecule is CCc1cccnc1CNS(=O)(=O)c1cc(Cl)c(Br)s1. The van der Waals surface area contributed by atoms with Gasteiger partial charge in [-0.25, -0.2) is 13.1 Å². The maximum atomic E-state index is 12.2. The summed E-state index contributed by atoms with van der Waals surface area (Å²) in [5.41, 5.74) is 1.76. The molecule has 2 aromatic heterocycles. The van der Waals surface area contributed by atoms with Crippen LogP contribution in [0, 0.1) is 0 Å². The van der Waals surface area contributed by atoms with E-state index < -0.39 is 10.0 Å². The molecule has 20 heavy (non-hydrogen) atoms. The van der Waals surface area contributed by atoms with Crippen LogP contribution < -0.4 is 4.72 Å². The van der Waals surface area contributed by atoms with Crippen molar-refractivity contribution in [2.45, 2.75) is 24.1 Å². The van der Waals surface area contributed by atoms with Gasteiger partial charge in [0.05, 0.1) is 21.0 Å². The molecular formula is C12H12BrClN2O2S2. The molecule has 2 rings (SSSR count). The summed E-state index contributed by atoms with van der Waals surface area (Å²) in [5, 5.41) is 0.391. The van der Waals surface area contributed by atoms with E-state index in [0.29, 0.717) is 8.81 Å². The third-order valence-electron chi connectivity index (χ3n) is 2.68. The number of halogens is 2. The quantitative estimate of drug-likeness (QED) is 0.841. The molecule has 1 N–H and O–H groups in total. The number of nitrogens with zero attached hydrogens (tertiary/aromatic N) is 1. The highest BCUT2D eigenvalue weighted by Gasteiger charge is 2.19. The van der Waals surface area contributed by atoms with Gasteiger partial charge in [-0.1, -0.05) is 24.6 Å². The fourth-order valence-electron chi connectivity index (χ4n) is 1.65. The van der Waals surface area contributed by atoms with Crippen molar-refractivity contribution in [2.24, 2.45) is 0 Å². The van der Waals surface area contributed by atoms with Gasteiger partial charge < -0.3 is 0 Å². The molecule has 0 unspecified atom stereocenters. The lowest BCUT2D eigenvalue weighted by molar-refractivity contribution is 0.582. The van der Waals surface area contributed by atoms with Gasteiger partial charge in [-0.2, -0.15) is 0 Å². The molecule has 0 aliphatic rings. The van der Waals surface area contributed by atoms with Gasteiger partial charge in [-0.15, -0.1) is 11.3 Å². The second-order valence-electron chi connectivity index (χ2n) is 3.97. The van der Waals surface area contributed by atoms with Crippen molar-refractivity contribution in [1.29, 1.82) is 0 Å². The van der Waals surface area contributed by atoms with E-state index in [2.05, 4.69) is 25.6 Å². The molecule has 2 aromatic rings. The highest BCUT2D eigenvalue weighted by atomic mass is 79.9. The van der Waals surface area contributed by atoms with Gasteiger partial charge in [0.15, 0.2) is 0 Å². The van der Waals surface area contributed by atoms with E-state index >= 15 is 0 Å². The molecular weight excluding hydrogens is 384 g/mol. The summed E-state index contributed by atoms with van der Waals surface area (Å²) in [5.74, 6) is 0. The Kier molecular flexibility index (Phi) is 5.19. The van der Waals surface area contributed by atoms with E-state index in [1.165, 1.54) is 6.07 Å². The summed E-state index contributed by atoms with van der Waals surface area (Å²) in [6.45, 7) is 2.17. The highest BCUT2D eigenvalue weighted by molar-refractivity contribution is 9.11. The summed E-state index contributed by atoms with van der Waals surface area (Å²) in [4.78, 5) is 4.21. The van der Waals surface area contributed by atoms with Gasteiger partial charge >= 0.3 is 0 Å². The fraction of sp³-hybridized carbons (Fsp3) is 0.250. The van der Waals surface area contributed by atoms with Gasteiger partial charge in [-0.3, -0.25) is 4.98 Å². The Labute approximate surface area is 135 Å². The van der Waals surface area contributed by atoms with Crippen LogP contribution in [0.3, 0.4) is 0 Å². The van der Waals surface area contributed by atoms with Gasteiger partial charge in [-0.05, 0) is 40.0 Å². The lowest BCUT2D eigenvalue weighted by atomic mass is 10.1. The molecule has 0 bridgehead atoms. The number of hydrogen-bond donors (Lipinski definition) is 1. The minimum absolute atomic E-state index is 0.166. The number of thiophene rings is 1. The molecule has 0 atom stereocenters. The monoisotopic (exact) mass is 394 g/mol. The van der Waals surface area contributed by atoms with Crippen molar-refractivity contribution in [3.05, 3.63) is 44.5 Å². The Bertz CT molecular complexity index is 696. The number of pyridine rings is 1. The summed E-state index contributed by atoms with van der Waals surface area (Å²) >= 11 is 10.1. The van der Waals surface area contributed by atoms with Gasteiger partial charge in [0, 0.05) is 6.20 Å². The van der Waals surface area contributed by atoms with Crippen LogP contribution in [0.1, 0.15) is 18.2 Å². The normalized spacial score (nSPS) is 11.8. The smallest absolute Gasteiger partial charge is 0.250 e. The summed E-state index contributed by atoms with van der Waals surface area (Å²) in [6, 6.07) is 5.21. The number of aromatic nitrogens is 1. The molecule has 0 saturated carbocycles. The standard InChI is InChI=1S/C12H12BrClN2O2S2/c1-2-8-4-3-5-15-10(8)7-16-20(17,18)11-6-9(14)12(13)19-11/h3-6,16H,2,7H2,1H3. The van der Waals surface area contributed by atoms with Crippen molar-refractivity contribution in [3.8, 4) is 0 Å². The molecule has 8 heteroatoms. The molecule has 0 aliphatic carbocycles. The first-order valence-corrected chi connectivity index (χ1v) is 9.28. The zero-order chi connectivity index (χ0) is 14.8. The molecule has 2 heterocycles. The second kappa shape index (κ2) is 6.53. The predicted molar refractivity (Wildman–Crippen MR) is 84.7 cm³/mol. The van der Waals surface area contributed by atoms with Crippen LogP contribution in [0.5, 0.6) is 0 Å². The van der Waals surface area contributed by atoms with Gasteiger partial charge in [0.2, 0.25) is 10.0 Å². The number of aryl methyl sites for hydroxylation is 1. The van der Waals surface area contributed by atoms with Crippen LogP contribution in [0.25, 0.3) is 0 Å². The first-order valence-electron chi connectivity index (χ1n) is 5.81. The maximum Gasteiger partial charge on any atom is 0.250 e. The summed E-state index contributed by atoms with van der Waals surface area (Å²) < 4.78 is 27.7. The average molecular weight is 396 g/mol. The molecule has 0 aliphatic heterocycles. The van der Waals surface area contributed by atoms with Crippen molar-refractivity contribution in [1.82, 2.24) is 9.71 Å². The first-order chi connectivity index (χ1) is 9.44. The molecule has 4 nitrogen and oxygen atoms in total. The molecule has 0 aromatic carbocycles. The number of sulfonamides is 1. The van der Waals surface area contributed by atoms with Crippen LogP contribution in [0.4, 0.5) is 0 Å². The van der Waals surface area contributed by atoms with Crippen molar-refractivity contribution < 1.29 is 8.42 Å². The molecule has 0 radical (unpaired) electrons. The zero-order valence-electron chi connectivity index (χ0n) is 10.6. The third kappa shape index (κ3) is 3.59. The van der Waals surface area contributed by atoms with Crippen molar-refractivity contribution >= 4 is 48.9 Å². The van der Waals surface area contributed by atoms with Crippen molar-refractivity contribution in [3.63, 3.8) is 0 Å². The Morgan fingerprint density at radius 3 is 2.85 bits per heavy atom. The molecule has 0 saturated heterocycles. The predicted octanol–water partition coefficient (Wildman–Crippen LogP) is 3.60. The van der Waals surface area contributed by atoms with E-state index in [1.54, 1.807) is 6.20 Å². The van der Waals surface area contributed by atoms with E-state index in [-0.39, 0.29) is 10.8 Å². The third-order valence-corrected chi connectivity index (χ3v) is 7.03. The van der Waals surface area contributed by atoms with Crippen LogP contribution in [-0.4, -0.2) is 13.4 Å². The lowest BCUT2D eigenvalue weighted by Crippen LogP contribution is -2.23. The Morgan fingerprint density at radius 2 is 2.25 bits per heavy atom. The van der Waals surface area contributed by atoms with Crippen LogP contribution >= 0.6 is 38.9 Å². The minimum atomic E-state index is -3.57. The largest absolute Gasteiger partial charge is 0.260 e. The Morgan fingerprint density at radius 1 is 1.50 bits per heavy atom. The zero-order valence-corrected chi connectivity index (χ0v) is 14.5. The molecule has 108 valence electrons. The molecule has 0 fully saturated rings. The number of nitrogens with one attached hydrogen (secondary N) is 1. The van der Waals surface area contributed by atoms with E-state index in [1.807, 2.05) is 19.1 Å². The van der Waals surface area contributed by atoms with Crippen molar-refractivity contribution in [2.75, 3.05) is 0 Å². The number of hydrogen-bond acceptors (Lipinski definition) is 4. The van der Waals surface area contributed by atoms with Gasteiger partial charge in [0.25, 0.3) is 0 Å². The Hall–Kier alpha value is -0.470.